The van der Waals surface area contributed by atoms with Crippen LogP contribution in [0.15, 0.2) is 81.6 Å². The summed E-state index contributed by atoms with van der Waals surface area (Å²) in [6.07, 6.45) is 0. The largest absolute Gasteiger partial charge is 0.451 e. The van der Waals surface area contributed by atoms with Gasteiger partial charge >= 0.3 is 0 Å². The molecule has 0 spiro atoms. The van der Waals surface area contributed by atoms with Crippen molar-refractivity contribution in [1.82, 2.24) is 4.98 Å². The van der Waals surface area contributed by atoms with E-state index in [2.05, 4.69) is 10.3 Å². The number of para-hydroxylation sites is 2. The molecule has 158 valence electrons. The molecule has 0 fully saturated rings. The third-order valence-corrected chi connectivity index (χ3v) is 5.65. The van der Waals surface area contributed by atoms with Gasteiger partial charge in [0, 0.05) is 16.3 Å². The Morgan fingerprint density at radius 2 is 1.66 bits per heavy atom. The van der Waals surface area contributed by atoms with Gasteiger partial charge in [-0.1, -0.05) is 46.9 Å². The third-order valence-electron chi connectivity index (χ3n) is 4.77. The minimum absolute atomic E-state index is 0.129. The molecule has 2 heterocycles. The van der Waals surface area contributed by atoms with E-state index in [0.717, 1.165) is 5.52 Å². The summed E-state index contributed by atoms with van der Waals surface area (Å²) in [5.74, 6) is 0.529. The van der Waals surface area contributed by atoms with Crippen LogP contribution in [0.4, 0.5) is 5.69 Å². The number of carbonyl (C=O) groups is 1. The molecule has 2 aromatic heterocycles. The van der Waals surface area contributed by atoms with Gasteiger partial charge in [0.05, 0.1) is 15.6 Å². The van der Waals surface area contributed by atoms with Crippen molar-refractivity contribution in [2.24, 2.45) is 0 Å². The summed E-state index contributed by atoms with van der Waals surface area (Å²) in [7, 11) is 0. The van der Waals surface area contributed by atoms with Gasteiger partial charge < -0.3 is 14.2 Å². The first-order valence-electron chi connectivity index (χ1n) is 9.50. The van der Waals surface area contributed by atoms with Gasteiger partial charge in [0.2, 0.25) is 5.89 Å². The second-order valence-corrected chi connectivity index (χ2v) is 8.17. The van der Waals surface area contributed by atoms with Crippen LogP contribution in [0.25, 0.3) is 33.9 Å². The average molecular weight is 484 g/mol. The van der Waals surface area contributed by atoms with Crippen molar-refractivity contribution in [3.05, 3.63) is 93.6 Å². The Bertz CT molecular complexity index is 1440. The average Bonchev–Trinajstić information content (AvgIpc) is 3.42. The molecule has 0 unspecified atom stereocenters. The highest BCUT2D eigenvalue weighted by Crippen LogP contribution is 2.34. The zero-order chi connectivity index (χ0) is 22.2. The monoisotopic (exact) mass is 482 g/mol. The number of benzene rings is 3. The lowest BCUT2D eigenvalue weighted by atomic mass is 10.2. The molecule has 0 aliphatic heterocycles. The molecular formula is C24H13Cl3N2O3. The lowest BCUT2D eigenvalue weighted by Gasteiger charge is -2.06. The number of hydrogen-bond acceptors (Lipinski definition) is 4. The minimum Gasteiger partial charge on any atom is -0.451 e. The Kier molecular flexibility index (Phi) is 5.39. The Hall–Kier alpha value is -3.25. The van der Waals surface area contributed by atoms with E-state index in [9.17, 15) is 4.79 Å². The fraction of sp³-hybridized carbons (Fsp3) is 0. The van der Waals surface area contributed by atoms with E-state index >= 15 is 0 Å². The molecule has 5 rings (SSSR count). The molecule has 32 heavy (non-hydrogen) atoms. The van der Waals surface area contributed by atoms with Gasteiger partial charge in [0.15, 0.2) is 11.3 Å². The smallest absolute Gasteiger partial charge is 0.291 e. The van der Waals surface area contributed by atoms with Crippen LogP contribution in [0.1, 0.15) is 10.6 Å². The molecule has 0 aliphatic carbocycles. The third kappa shape index (κ3) is 3.98. The van der Waals surface area contributed by atoms with Crippen molar-refractivity contribution < 1.29 is 13.6 Å². The minimum atomic E-state index is -0.424. The van der Waals surface area contributed by atoms with Crippen LogP contribution in [-0.4, -0.2) is 10.9 Å². The Balaban J connectivity index is 1.40. The van der Waals surface area contributed by atoms with E-state index in [-0.39, 0.29) is 5.76 Å². The van der Waals surface area contributed by atoms with Gasteiger partial charge in [-0.2, -0.15) is 0 Å². The van der Waals surface area contributed by atoms with Gasteiger partial charge in [-0.25, -0.2) is 4.98 Å². The number of fused-ring (bicyclic) bond motifs is 1. The van der Waals surface area contributed by atoms with E-state index in [1.165, 1.54) is 0 Å². The number of nitrogens with zero attached hydrogens (tertiary/aromatic N) is 1. The number of rotatable bonds is 4. The van der Waals surface area contributed by atoms with Crippen molar-refractivity contribution in [3.63, 3.8) is 0 Å². The van der Waals surface area contributed by atoms with Crippen LogP contribution in [0, 0.1) is 0 Å². The molecule has 0 atom stereocenters. The van der Waals surface area contributed by atoms with Gasteiger partial charge in [0.1, 0.15) is 11.3 Å². The predicted molar refractivity (Wildman–Crippen MR) is 127 cm³/mol. The quantitative estimate of drug-likeness (QED) is 0.281. The number of aromatic nitrogens is 1. The zero-order valence-corrected chi connectivity index (χ0v) is 18.5. The number of nitrogens with one attached hydrogen (secondary N) is 1. The highest BCUT2D eigenvalue weighted by Gasteiger charge is 2.17. The molecule has 0 saturated carbocycles. The summed E-state index contributed by atoms with van der Waals surface area (Å²) in [6, 6.07) is 20.8. The number of oxazole rings is 1. The van der Waals surface area contributed by atoms with Gasteiger partial charge in [-0.15, -0.1) is 0 Å². The molecular weight excluding hydrogens is 471 g/mol. The Morgan fingerprint density at radius 3 is 2.47 bits per heavy atom. The van der Waals surface area contributed by atoms with Crippen molar-refractivity contribution >= 4 is 57.5 Å². The SMILES string of the molecule is O=C(Nc1ccc(Cl)c(-c2nc3ccccc3o2)c1)c1ccc(-c2ccc(Cl)cc2Cl)o1. The van der Waals surface area contributed by atoms with Gasteiger partial charge in [0.25, 0.3) is 5.91 Å². The second kappa shape index (κ2) is 8.36. The van der Waals surface area contributed by atoms with E-state index in [1.807, 2.05) is 24.3 Å². The molecule has 0 aliphatic rings. The lowest BCUT2D eigenvalue weighted by molar-refractivity contribution is 0.0997. The number of anilines is 1. The summed E-state index contributed by atoms with van der Waals surface area (Å²) in [5, 5.41) is 4.20. The maximum Gasteiger partial charge on any atom is 0.291 e. The van der Waals surface area contributed by atoms with E-state index < -0.39 is 5.91 Å². The van der Waals surface area contributed by atoms with Crippen molar-refractivity contribution in [3.8, 4) is 22.8 Å². The standard InChI is InChI=1S/C24H13Cl3N2O3/c25-13-5-7-15(18(27)11-13)20-9-10-22(31-20)23(30)28-14-6-8-17(26)16(12-14)24-29-19-3-1-2-4-21(19)32-24/h1-12H,(H,28,30). The number of halogens is 3. The summed E-state index contributed by atoms with van der Waals surface area (Å²) >= 11 is 18.5. The first-order valence-corrected chi connectivity index (χ1v) is 10.6. The molecule has 3 aromatic carbocycles. The lowest BCUT2D eigenvalue weighted by Crippen LogP contribution is -2.10. The van der Waals surface area contributed by atoms with Gasteiger partial charge in [-0.05, 0) is 60.7 Å². The maximum atomic E-state index is 12.7. The summed E-state index contributed by atoms with van der Waals surface area (Å²) in [5.41, 5.74) is 3.08. The molecule has 1 amide bonds. The van der Waals surface area contributed by atoms with E-state index in [0.29, 0.717) is 49.1 Å². The Labute approximate surface area is 197 Å². The van der Waals surface area contributed by atoms with Crippen LogP contribution in [0.2, 0.25) is 15.1 Å². The number of amides is 1. The van der Waals surface area contributed by atoms with Crippen LogP contribution < -0.4 is 5.32 Å². The summed E-state index contributed by atoms with van der Waals surface area (Å²) < 4.78 is 11.5. The Morgan fingerprint density at radius 1 is 0.812 bits per heavy atom. The highest BCUT2D eigenvalue weighted by molar-refractivity contribution is 6.36. The zero-order valence-electron chi connectivity index (χ0n) is 16.2. The normalized spacial score (nSPS) is 11.1. The number of furan rings is 1. The number of carbonyl (C=O) groups excluding carboxylic acids is 1. The number of hydrogen-bond donors (Lipinski definition) is 1. The van der Waals surface area contributed by atoms with Gasteiger partial charge in [-0.3, -0.25) is 4.79 Å². The van der Waals surface area contributed by atoms with E-state index in [4.69, 9.17) is 43.6 Å². The topological polar surface area (TPSA) is 68.3 Å². The molecule has 1 N–H and O–H groups in total. The summed E-state index contributed by atoms with van der Waals surface area (Å²) in [4.78, 5) is 17.2. The summed E-state index contributed by atoms with van der Waals surface area (Å²) in [6.45, 7) is 0. The molecule has 0 saturated heterocycles. The molecule has 0 bridgehead atoms. The highest BCUT2D eigenvalue weighted by atomic mass is 35.5. The molecule has 8 heteroatoms. The van der Waals surface area contributed by atoms with Crippen molar-refractivity contribution in [2.45, 2.75) is 0 Å². The van der Waals surface area contributed by atoms with Crippen LogP contribution in [0.5, 0.6) is 0 Å². The van der Waals surface area contributed by atoms with Crippen LogP contribution in [0.3, 0.4) is 0 Å². The maximum absolute atomic E-state index is 12.7. The first kappa shape index (κ1) is 20.6. The molecule has 5 nitrogen and oxygen atoms in total. The van der Waals surface area contributed by atoms with Crippen molar-refractivity contribution in [1.29, 1.82) is 0 Å². The second-order valence-electron chi connectivity index (χ2n) is 6.92. The van der Waals surface area contributed by atoms with E-state index in [1.54, 1.807) is 48.5 Å². The molecule has 5 aromatic rings. The first-order chi connectivity index (χ1) is 15.5. The van der Waals surface area contributed by atoms with Crippen LogP contribution >= 0.6 is 34.8 Å². The van der Waals surface area contributed by atoms with Crippen molar-refractivity contribution in [2.75, 3.05) is 5.32 Å². The fourth-order valence-electron chi connectivity index (χ4n) is 3.24. The molecule has 0 radical (unpaired) electrons. The predicted octanol–water partition coefficient (Wildman–Crippen LogP) is 7.97. The van der Waals surface area contributed by atoms with Crippen LogP contribution in [-0.2, 0) is 0 Å². The fourth-order valence-corrected chi connectivity index (χ4v) is 3.94.